The number of hydrogen-bond donors (Lipinski definition) is 0. The van der Waals surface area contributed by atoms with Crippen LogP contribution in [0.2, 0.25) is 0 Å². The standard InChI is InChI=1S/C16H18N2O4/c1-11(17-9-5-2-6-10-17)16(21)22-18-14(19)12-7-3-4-8-13(12)15(18)20/h3-4,7-8,11H,2,5-6,9-10H2,1H3. The predicted octanol–water partition coefficient (Wildman–Crippen LogP) is 1.62. The molecule has 6 heteroatoms. The molecule has 0 spiro atoms. The zero-order valence-corrected chi connectivity index (χ0v) is 12.4. The van der Waals surface area contributed by atoms with Gasteiger partial charge in [0, 0.05) is 0 Å². The number of benzene rings is 1. The van der Waals surface area contributed by atoms with E-state index in [1.807, 2.05) is 4.90 Å². The van der Waals surface area contributed by atoms with Crippen molar-refractivity contribution in [1.82, 2.24) is 9.96 Å². The first-order valence-electron chi connectivity index (χ1n) is 7.53. The Balaban J connectivity index is 1.70. The van der Waals surface area contributed by atoms with Gasteiger partial charge in [-0.25, -0.2) is 4.79 Å². The van der Waals surface area contributed by atoms with Gasteiger partial charge in [0.15, 0.2) is 0 Å². The van der Waals surface area contributed by atoms with Crippen LogP contribution in [0.3, 0.4) is 0 Å². The molecule has 3 rings (SSSR count). The number of rotatable bonds is 3. The van der Waals surface area contributed by atoms with Gasteiger partial charge in [-0.05, 0) is 45.0 Å². The van der Waals surface area contributed by atoms with Crippen LogP contribution in [0.4, 0.5) is 0 Å². The maximum Gasteiger partial charge on any atom is 0.349 e. The largest absolute Gasteiger partial charge is 0.349 e. The van der Waals surface area contributed by atoms with Gasteiger partial charge in [-0.1, -0.05) is 23.6 Å². The number of likely N-dealkylation sites (tertiary alicyclic amines) is 1. The Labute approximate surface area is 128 Å². The van der Waals surface area contributed by atoms with Crippen molar-refractivity contribution >= 4 is 17.8 Å². The fourth-order valence-electron chi connectivity index (χ4n) is 2.87. The molecular weight excluding hydrogens is 284 g/mol. The lowest BCUT2D eigenvalue weighted by Gasteiger charge is -2.31. The maximum absolute atomic E-state index is 12.2. The van der Waals surface area contributed by atoms with E-state index in [4.69, 9.17) is 4.84 Å². The zero-order chi connectivity index (χ0) is 15.7. The van der Waals surface area contributed by atoms with Gasteiger partial charge in [0.1, 0.15) is 6.04 Å². The monoisotopic (exact) mass is 302 g/mol. The topological polar surface area (TPSA) is 66.9 Å². The number of carbonyl (C=O) groups is 3. The van der Waals surface area contributed by atoms with Crippen molar-refractivity contribution in [3.8, 4) is 0 Å². The van der Waals surface area contributed by atoms with Crippen molar-refractivity contribution in [2.45, 2.75) is 32.2 Å². The fraction of sp³-hybridized carbons (Fsp3) is 0.438. The number of imide groups is 1. The summed E-state index contributed by atoms with van der Waals surface area (Å²) in [5.74, 6) is -1.74. The van der Waals surface area contributed by atoms with Gasteiger partial charge in [0.05, 0.1) is 11.1 Å². The highest BCUT2D eigenvalue weighted by molar-refractivity contribution is 6.20. The van der Waals surface area contributed by atoms with E-state index in [9.17, 15) is 14.4 Å². The van der Waals surface area contributed by atoms with E-state index >= 15 is 0 Å². The Morgan fingerprint density at radius 2 is 1.59 bits per heavy atom. The number of amides is 2. The first-order valence-corrected chi connectivity index (χ1v) is 7.53. The summed E-state index contributed by atoms with van der Waals surface area (Å²) in [4.78, 5) is 43.6. The molecule has 1 saturated heterocycles. The maximum atomic E-state index is 12.2. The van der Waals surface area contributed by atoms with Crippen LogP contribution < -0.4 is 0 Å². The van der Waals surface area contributed by atoms with Crippen LogP contribution >= 0.6 is 0 Å². The smallest absolute Gasteiger partial charge is 0.328 e. The van der Waals surface area contributed by atoms with E-state index in [0.717, 1.165) is 32.4 Å². The summed E-state index contributed by atoms with van der Waals surface area (Å²) in [6.07, 6.45) is 3.26. The quantitative estimate of drug-likeness (QED) is 0.794. The minimum absolute atomic E-state index is 0.269. The van der Waals surface area contributed by atoms with Crippen molar-refractivity contribution in [2.75, 3.05) is 13.1 Å². The van der Waals surface area contributed by atoms with Gasteiger partial charge in [0.25, 0.3) is 11.8 Å². The predicted molar refractivity (Wildman–Crippen MR) is 77.9 cm³/mol. The molecule has 1 aromatic rings. The van der Waals surface area contributed by atoms with Crippen LogP contribution in [-0.4, -0.2) is 46.9 Å². The first-order chi connectivity index (χ1) is 10.6. The van der Waals surface area contributed by atoms with E-state index in [0.29, 0.717) is 5.06 Å². The van der Waals surface area contributed by atoms with Crippen LogP contribution in [0.25, 0.3) is 0 Å². The van der Waals surface area contributed by atoms with E-state index in [2.05, 4.69) is 0 Å². The molecule has 1 atom stereocenters. The highest BCUT2D eigenvalue weighted by atomic mass is 16.7. The molecule has 2 aliphatic rings. The molecule has 2 aliphatic heterocycles. The number of carbonyl (C=O) groups excluding carboxylic acids is 3. The van der Waals surface area contributed by atoms with Crippen molar-refractivity contribution < 1.29 is 19.2 Å². The Bertz CT molecular complexity index is 587. The second-order valence-corrected chi connectivity index (χ2v) is 5.63. The number of nitrogens with zero attached hydrogens (tertiary/aromatic N) is 2. The van der Waals surface area contributed by atoms with Gasteiger partial charge in [0.2, 0.25) is 0 Å². The zero-order valence-electron chi connectivity index (χ0n) is 12.4. The fourth-order valence-corrected chi connectivity index (χ4v) is 2.87. The number of hydrogen-bond acceptors (Lipinski definition) is 5. The molecule has 0 bridgehead atoms. The SMILES string of the molecule is CC(C(=O)ON1C(=O)c2ccccc2C1=O)N1CCCCC1. The third-order valence-electron chi connectivity index (χ3n) is 4.22. The average Bonchev–Trinajstić information content (AvgIpc) is 2.80. The second kappa shape index (κ2) is 5.88. The lowest BCUT2D eigenvalue weighted by atomic mass is 10.1. The van der Waals surface area contributed by atoms with E-state index in [1.54, 1.807) is 31.2 Å². The molecule has 2 amide bonds. The molecule has 0 N–H and O–H groups in total. The van der Waals surface area contributed by atoms with E-state index < -0.39 is 23.8 Å². The summed E-state index contributed by atoms with van der Waals surface area (Å²) < 4.78 is 0. The van der Waals surface area contributed by atoms with Crippen LogP contribution in [0.5, 0.6) is 0 Å². The highest BCUT2D eigenvalue weighted by Gasteiger charge is 2.39. The van der Waals surface area contributed by atoms with Crippen LogP contribution in [-0.2, 0) is 9.63 Å². The summed E-state index contributed by atoms with van der Waals surface area (Å²) in [5.41, 5.74) is 0.539. The normalized spacial score (nSPS) is 20.0. The van der Waals surface area contributed by atoms with Crippen molar-refractivity contribution in [3.05, 3.63) is 35.4 Å². The van der Waals surface area contributed by atoms with Gasteiger partial charge >= 0.3 is 5.97 Å². The molecule has 1 unspecified atom stereocenters. The van der Waals surface area contributed by atoms with Crippen molar-refractivity contribution in [1.29, 1.82) is 0 Å². The van der Waals surface area contributed by atoms with Gasteiger partial charge in [-0.15, -0.1) is 0 Å². The van der Waals surface area contributed by atoms with Gasteiger partial charge in [-0.3, -0.25) is 14.5 Å². The molecule has 1 aromatic carbocycles. The van der Waals surface area contributed by atoms with E-state index in [-0.39, 0.29) is 11.1 Å². The molecule has 0 aliphatic carbocycles. The number of piperidine rings is 1. The van der Waals surface area contributed by atoms with Crippen LogP contribution in [0, 0.1) is 0 Å². The number of hydroxylamine groups is 2. The van der Waals surface area contributed by atoms with Gasteiger partial charge < -0.3 is 4.84 Å². The summed E-state index contributed by atoms with van der Waals surface area (Å²) >= 11 is 0. The minimum Gasteiger partial charge on any atom is -0.328 e. The van der Waals surface area contributed by atoms with Crippen molar-refractivity contribution in [3.63, 3.8) is 0 Å². The van der Waals surface area contributed by atoms with E-state index in [1.165, 1.54) is 0 Å². The summed E-state index contributed by atoms with van der Waals surface area (Å²) in [6.45, 7) is 3.41. The van der Waals surface area contributed by atoms with Crippen LogP contribution in [0.15, 0.2) is 24.3 Å². The molecule has 2 heterocycles. The van der Waals surface area contributed by atoms with Crippen molar-refractivity contribution in [2.24, 2.45) is 0 Å². The lowest BCUT2D eigenvalue weighted by Crippen LogP contribution is -2.46. The molecule has 1 fully saturated rings. The molecule has 0 radical (unpaired) electrons. The molecule has 0 aromatic heterocycles. The third-order valence-corrected chi connectivity index (χ3v) is 4.22. The number of fused-ring (bicyclic) bond motifs is 1. The second-order valence-electron chi connectivity index (χ2n) is 5.63. The Kier molecular flexibility index (Phi) is 3.94. The average molecular weight is 302 g/mol. The molecule has 22 heavy (non-hydrogen) atoms. The van der Waals surface area contributed by atoms with Crippen LogP contribution in [0.1, 0.15) is 46.9 Å². The molecule has 0 saturated carbocycles. The summed E-state index contributed by atoms with van der Waals surface area (Å²) in [5, 5.41) is 0.577. The summed E-state index contributed by atoms with van der Waals surface area (Å²) in [6, 6.07) is 5.98. The minimum atomic E-state index is -0.584. The molecular formula is C16H18N2O4. The Morgan fingerprint density at radius 3 is 2.14 bits per heavy atom. The summed E-state index contributed by atoms with van der Waals surface area (Å²) in [7, 11) is 0. The lowest BCUT2D eigenvalue weighted by molar-refractivity contribution is -0.174. The third kappa shape index (κ3) is 2.50. The van der Waals surface area contributed by atoms with Gasteiger partial charge in [-0.2, -0.15) is 0 Å². The first kappa shape index (κ1) is 14.7. The molecule has 116 valence electrons. The molecule has 6 nitrogen and oxygen atoms in total. The highest BCUT2D eigenvalue weighted by Crippen LogP contribution is 2.23. The Hall–Kier alpha value is -2.21. The Morgan fingerprint density at radius 1 is 1.05 bits per heavy atom.